The van der Waals surface area contributed by atoms with Crippen LogP contribution in [-0.4, -0.2) is 40.8 Å². The molecule has 0 spiro atoms. The van der Waals surface area contributed by atoms with E-state index in [0.717, 1.165) is 12.8 Å². The Morgan fingerprint density at radius 3 is 2.73 bits per heavy atom. The van der Waals surface area contributed by atoms with E-state index in [0.29, 0.717) is 6.54 Å². The Hall–Kier alpha value is -1.17. The van der Waals surface area contributed by atoms with Crippen LogP contribution in [0.1, 0.15) is 19.8 Å². The first-order chi connectivity index (χ1) is 7.02. The van der Waals surface area contributed by atoms with Gasteiger partial charge in [0.25, 0.3) is 0 Å². The summed E-state index contributed by atoms with van der Waals surface area (Å²) in [6.07, 6.45) is 1.91. The molecule has 1 fully saturated rings. The van der Waals surface area contributed by atoms with Gasteiger partial charge in [0.1, 0.15) is 0 Å². The number of carbonyl (C=O) groups excluding carboxylic acids is 2. The van der Waals surface area contributed by atoms with Crippen molar-refractivity contribution in [1.82, 2.24) is 10.2 Å². The third kappa shape index (κ3) is 3.16. The molecule has 0 aliphatic carbocycles. The average Bonchev–Trinajstić information content (AvgIpc) is 2.59. The summed E-state index contributed by atoms with van der Waals surface area (Å²) in [6.45, 7) is 2.66. The van der Waals surface area contributed by atoms with E-state index in [2.05, 4.69) is 17.5 Å². The van der Waals surface area contributed by atoms with E-state index in [1.807, 2.05) is 6.92 Å². The van der Waals surface area contributed by atoms with Gasteiger partial charge in [-0.05, 0) is 19.8 Å². The molecule has 0 bridgehead atoms. The Kier molecular flexibility index (Phi) is 4.02. The topological polar surface area (TPSA) is 75.4 Å². The second kappa shape index (κ2) is 5.06. The molecule has 6 heteroatoms. The van der Waals surface area contributed by atoms with Crippen LogP contribution in [0.4, 0.5) is 0 Å². The van der Waals surface area contributed by atoms with Crippen molar-refractivity contribution >= 4 is 29.0 Å². The van der Waals surface area contributed by atoms with Gasteiger partial charge in [-0.2, -0.15) is 0 Å². The standard InChI is InChI=1S/C9H15N3O2S/c1-6-3-2-4-12(6)9(14)8(13)11-5-7(10)15/h6H,2-5H2,1H3,(H2,10,15)(H,11,13). The Morgan fingerprint density at radius 1 is 1.60 bits per heavy atom. The first-order valence-electron chi connectivity index (χ1n) is 4.89. The third-order valence-corrected chi connectivity index (χ3v) is 2.58. The van der Waals surface area contributed by atoms with Crippen molar-refractivity contribution < 1.29 is 9.59 Å². The first kappa shape index (κ1) is 11.9. The van der Waals surface area contributed by atoms with E-state index < -0.39 is 11.8 Å². The lowest BCUT2D eigenvalue weighted by atomic mass is 10.2. The van der Waals surface area contributed by atoms with E-state index in [1.54, 1.807) is 4.90 Å². The lowest BCUT2D eigenvalue weighted by molar-refractivity contribution is -0.146. The number of rotatable bonds is 2. The highest BCUT2D eigenvalue weighted by atomic mass is 32.1. The first-order valence-corrected chi connectivity index (χ1v) is 5.30. The molecule has 2 amide bonds. The molecule has 1 heterocycles. The number of hydrogen-bond donors (Lipinski definition) is 2. The summed E-state index contributed by atoms with van der Waals surface area (Å²) in [5, 5.41) is 2.38. The van der Waals surface area contributed by atoms with Crippen LogP contribution in [0.2, 0.25) is 0 Å². The molecule has 0 saturated carbocycles. The zero-order valence-corrected chi connectivity index (χ0v) is 9.47. The maximum Gasteiger partial charge on any atom is 0.312 e. The molecule has 15 heavy (non-hydrogen) atoms. The molecule has 5 nitrogen and oxygen atoms in total. The van der Waals surface area contributed by atoms with E-state index in [1.165, 1.54) is 0 Å². The maximum atomic E-state index is 11.6. The Bertz CT molecular complexity index is 293. The van der Waals surface area contributed by atoms with E-state index in [4.69, 9.17) is 5.73 Å². The summed E-state index contributed by atoms with van der Waals surface area (Å²) in [5.41, 5.74) is 5.21. The molecular weight excluding hydrogens is 214 g/mol. The molecule has 0 aromatic rings. The Morgan fingerprint density at radius 2 is 2.27 bits per heavy atom. The molecule has 1 saturated heterocycles. The van der Waals surface area contributed by atoms with Crippen LogP contribution >= 0.6 is 12.2 Å². The normalized spacial score (nSPS) is 20.1. The number of nitrogens with zero attached hydrogens (tertiary/aromatic N) is 1. The molecule has 1 atom stereocenters. The molecule has 0 aromatic heterocycles. The highest BCUT2D eigenvalue weighted by Crippen LogP contribution is 2.15. The van der Waals surface area contributed by atoms with Crippen molar-refractivity contribution in [1.29, 1.82) is 0 Å². The van der Waals surface area contributed by atoms with Crippen LogP contribution < -0.4 is 11.1 Å². The molecule has 1 rings (SSSR count). The number of likely N-dealkylation sites (tertiary alicyclic amines) is 1. The van der Waals surface area contributed by atoms with Gasteiger partial charge < -0.3 is 16.0 Å². The van der Waals surface area contributed by atoms with Crippen molar-refractivity contribution in [2.45, 2.75) is 25.8 Å². The minimum absolute atomic E-state index is 0.0716. The fourth-order valence-electron chi connectivity index (χ4n) is 1.61. The van der Waals surface area contributed by atoms with Crippen LogP contribution in [0.3, 0.4) is 0 Å². The highest BCUT2D eigenvalue weighted by molar-refractivity contribution is 7.80. The molecule has 0 aromatic carbocycles. The predicted molar refractivity (Wildman–Crippen MR) is 60.2 cm³/mol. The van der Waals surface area contributed by atoms with Crippen LogP contribution in [0.25, 0.3) is 0 Å². The number of nitrogens with one attached hydrogen (secondary N) is 1. The van der Waals surface area contributed by atoms with Crippen molar-refractivity contribution in [3.05, 3.63) is 0 Å². The van der Waals surface area contributed by atoms with Gasteiger partial charge >= 0.3 is 11.8 Å². The van der Waals surface area contributed by atoms with Crippen LogP contribution in [0.15, 0.2) is 0 Å². The Balaban J connectivity index is 2.45. The van der Waals surface area contributed by atoms with E-state index in [-0.39, 0.29) is 17.6 Å². The second-order valence-electron chi connectivity index (χ2n) is 3.64. The van der Waals surface area contributed by atoms with Crippen molar-refractivity contribution in [2.24, 2.45) is 5.73 Å². The molecule has 84 valence electrons. The number of amides is 2. The minimum Gasteiger partial charge on any atom is -0.392 e. The molecule has 1 unspecified atom stereocenters. The van der Waals surface area contributed by atoms with Crippen LogP contribution in [0, 0.1) is 0 Å². The molecule has 0 radical (unpaired) electrons. The predicted octanol–water partition coefficient (Wildman–Crippen LogP) is -0.600. The van der Waals surface area contributed by atoms with Gasteiger partial charge in [0.2, 0.25) is 0 Å². The number of nitrogens with two attached hydrogens (primary N) is 1. The maximum absolute atomic E-state index is 11.6. The lowest BCUT2D eigenvalue weighted by Gasteiger charge is -2.20. The van der Waals surface area contributed by atoms with E-state index >= 15 is 0 Å². The molecule has 1 aliphatic heterocycles. The van der Waals surface area contributed by atoms with Gasteiger partial charge in [-0.25, -0.2) is 0 Å². The average molecular weight is 229 g/mol. The van der Waals surface area contributed by atoms with Gasteiger partial charge in [0.05, 0.1) is 11.5 Å². The highest BCUT2D eigenvalue weighted by Gasteiger charge is 2.29. The van der Waals surface area contributed by atoms with Gasteiger partial charge in [0.15, 0.2) is 0 Å². The summed E-state index contributed by atoms with van der Waals surface area (Å²) in [4.78, 5) is 24.7. The van der Waals surface area contributed by atoms with Gasteiger partial charge in [-0.1, -0.05) is 12.2 Å². The molecule has 3 N–H and O–H groups in total. The van der Waals surface area contributed by atoms with Gasteiger partial charge in [-0.3, -0.25) is 9.59 Å². The smallest absolute Gasteiger partial charge is 0.312 e. The van der Waals surface area contributed by atoms with Crippen molar-refractivity contribution in [2.75, 3.05) is 13.1 Å². The summed E-state index contributed by atoms with van der Waals surface area (Å²) in [6, 6.07) is 0.146. The molecular formula is C9H15N3O2S. The summed E-state index contributed by atoms with van der Waals surface area (Å²) in [5.74, 6) is -1.12. The van der Waals surface area contributed by atoms with E-state index in [9.17, 15) is 9.59 Å². The number of thiocarbonyl (C=S) groups is 1. The number of carbonyl (C=O) groups is 2. The third-order valence-electron chi connectivity index (χ3n) is 2.43. The van der Waals surface area contributed by atoms with Crippen LogP contribution in [0.5, 0.6) is 0 Å². The zero-order valence-electron chi connectivity index (χ0n) is 8.66. The van der Waals surface area contributed by atoms with Gasteiger partial charge in [-0.15, -0.1) is 0 Å². The SMILES string of the molecule is CC1CCCN1C(=O)C(=O)NCC(N)=S. The fraction of sp³-hybridized carbons (Fsp3) is 0.667. The largest absolute Gasteiger partial charge is 0.392 e. The quantitative estimate of drug-likeness (QED) is 0.490. The summed E-state index contributed by atoms with van der Waals surface area (Å²) in [7, 11) is 0. The number of hydrogen-bond acceptors (Lipinski definition) is 3. The van der Waals surface area contributed by atoms with Crippen molar-refractivity contribution in [3.8, 4) is 0 Å². The summed E-state index contributed by atoms with van der Waals surface area (Å²) < 4.78 is 0. The second-order valence-corrected chi connectivity index (χ2v) is 4.16. The monoisotopic (exact) mass is 229 g/mol. The van der Waals surface area contributed by atoms with Gasteiger partial charge in [0, 0.05) is 12.6 Å². The summed E-state index contributed by atoms with van der Waals surface area (Å²) >= 11 is 4.60. The van der Waals surface area contributed by atoms with Crippen LogP contribution in [-0.2, 0) is 9.59 Å². The lowest BCUT2D eigenvalue weighted by Crippen LogP contribution is -2.46. The Labute approximate surface area is 94.0 Å². The minimum atomic E-state index is -0.628. The molecule has 1 aliphatic rings. The van der Waals surface area contributed by atoms with Crippen molar-refractivity contribution in [3.63, 3.8) is 0 Å². The zero-order chi connectivity index (χ0) is 11.4. The fourth-order valence-corrected chi connectivity index (χ4v) is 1.68.